The largest absolute Gasteiger partial charge is 0.487 e. The number of nitrogens with zero attached hydrogens (tertiary/aromatic N) is 2. The fourth-order valence-corrected chi connectivity index (χ4v) is 2.94. The zero-order valence-corrected chi connectivity index (χ0v) is 12.4. The molecule has 1 saturated carbocycles. The Morgan fingerprint density at radius 1 is 1.29 bits per heavy atom. The molecule has 0 bridgehead atoms. The van der Waals surface area contributed by atoms with Crippen LogP contribution >= 0.6 is 0 Å². The Kier molecular flexibility index (Phi) is 4.25. The molecule has 1 unspecified atom stereocenters. The summed E-state index contributed by atoms with van der Waals surface area (Å²) in [5.41, 5.74) is 1.75. The summed E-state index contributed by atoms with van der Waals surface area (Å²) in [6.45, 7) is 2.18. The van der Waals surface area contributed by atoms with Crippen LogP contribution in [0.25, 0.3) is 0 Å². The van der Waals surface area contributed by atoms with Gasteiger partial charge in [-0.2, -0.15) is 5.10 Å². The number of aromatic nitrogens is 2. The third-order valence-electron chi connectivity index (χ3n) is 4.11. The van der Waals surface area contributed by atoms with Crippen LogP contribution in [-0.2, 0) is 6.61 Å². The highest BCUT2D eigenvalue weighted by Gasteiger charge is 2.17. The number of hydrogen-bond acceptors (Lipinski definition) is 3. The fraction of sp³-hybridized carbons (Fsp3) is 0.471. The highest BCUT2D eigenvalue weighted by atomic mass is 16.5. The maximum Gasteiger partial charge on any atom is 0.132 e. The number of rotatable bonds is 5. The van der Waals surface area contributed by atoms with Gasteiger partial charge < -0.3 is 9.84 Å². The van der Waals surface area contributed by atoms with E-state index >= 15 is 0 Å². The van der Waals surface area contributed by atoms with Crippen LogP contribution in [0.15, 0.2) is 36.5 Å². The molecule has 4 nitrogen and oxygen atoms in total. The van der Waals surface area contributed by atoms with E-state index in [0.717, 1.165) is 17.0 Å². The van der Waals surface area contributed by atoms with Crippen molar-refractivity contribution in [2.45, 2.75) is 51.4 Å². The van der Waals surface area contributed by atoms with E-state index in [2.05, 4.69) is 16.0 Å². The van der Waals surface area contributed by atoms with Crippen LogP contribution in [0, 0.1) is 0 Å². The highest BCUT2D eigenvalue weighted by molar-refractivity contribution is 5.34. The first-order chi connectivity index (χ1) is 10.2. The van der Waals surface area contributed by atoms with E-state index in [1.807, 2.05) is 30.3 Å². The van der Waals surface area contributed by atoms with Gasteiger partial charge >= 0.3 is 0 Å². The summed E-state index contributed by atoms with van der Waals surface area (Å²) in [5, 5.41) is 14.4. The van der Waals surface area contributed by atoms with Crippen molar-refractivity contribution in [3.05, 3.63) is 47.8 Å². The normalized spacial score (nSPS) is 17.0. The van der Waals surface area contributed by atoms with E-state index < -0.39 is 6.10 Å². The van der Waals surface area contributed by atoms with Crippen molar-refractivity contribution in [2.24, 2.45) is 0 Å². The predicted molar refractivity (Wildman–Crippen MR) is 81.1 cm³/mol. The maximum atomic E-state index is 9.75. The van der Waals surface area contributed by atoms with Crippen molar-refractivity contribution in [2.75, 3.05) is 0 Å². The lowest BCUT2D eigenvalue weighted by Crippen LogP contribution is -2.07. The summed E-state index contributed by atoms with van der Waals surface area (Å²) in [5.74, 6) is 0.725. The first kappa shape index (κ1) is 14.1. The highest BCUT2D eigenvalue weighted by Crippen LogP contribution is 2.29. The van der Waals surface area contributed by atoms with Crippen molar-refractivity contribution in [3.63, 3.8) is 0 Å². The van der Waals surface area contributed by atoms with Crippen LogP contribution in [0.3, 0.4) is 0 Å². The average molecular weight is 286 g/mol. The zero-order valence-electron chi connectivity index (χ0n) is 12.4. The molecule has 1 aliphatic rings. The molecule has 0 amide bonds. The van der Waals surface area contributed by atoms with Crippen molar-refractivity contribution >= 4 is 0 Å². The third kappa shape index (κ3) is 3.27. The minimum atomic E-state index is -0.530. The molecule has 4 heteroatoms. The summed E-state index contributed by atoms with van der Waals surface area (Å²) >= 11 is 0. The number of ether oxygens (including phenoxy) is 1. The first-order valence-electron chi connectivity index (χ1n) is 7.68. The van der Waals surface area contributed by atoms with Gasteiger partial charge in [-0.05, 0) is 31.9 Å². The van der Waals surface area contributed by atoms with Gasteiger partial charge in [-0.1, -0.05) is 31.0 Å². The Hall–Kier alpha value is -1.81. The quantitative estimate of drug-likeness (QED) is 0.913. The summed E-state index contributed by atoms with van der Waals surface area (Å²) in [7, 11) is 0. The third-order valence-corrected chi connectivity index (χ3v) is 4.11. The summed E-state index contributed by atoms with van der Waals surface area (Å²) in [4.78, 5) is 0. The maximum absolute atomic E-state index is 9.75. The lowest BCUT2D eigenvalue weighted by molar-refractivity contribution is 0.189. The van der Waals surface area contributed by atoms with Crippen LogP contribution in [0.4, 0.5) is 0 Å². The van der Waals surface area contributed by atoms with Gasteiger partial charge in [0.05, 0.1) is 17.8 Å². The SMILES string of the molecule is CC(O)c1ccccc1OCc1ccn(C2CCCC2)n1. The molecule has 112 valence electrons. The Morgan fingerprint density at radius 2 is 2.05 bits per heavy atom. The van der Waals surface area contributed by atoms with E-state index in [-0.39, 0.29) is 0 Å². The molecular weight excluding hydrogens is 264 g/mol. The van der Waals surface area contributed by atoms with Crippen LogP contribution in [0.1, 0.15) is 56.0 Å². The zero-order chi connectivity index (χ0) is 14.7. The number of benzene rings is 1. The van der Waals surface area contributed by atoms with Gasteiger partial charge in [-0.15, -0.1) is 0 Å². The molecule has 1 aliphatic carbocycles. The number of aliphatic hydroxyl groups excluding tert-OH is 1. The van der Waals surface area contributed by atoms with Crippen LogP contribution in [0.2, 0.25) is 0 Å². The van der Waals surface area contributed by atoms with E-state index in [1.165, 1.54) is 25.7 Å². The Labute approximate surface area is 125 Å². The van der Waals surface area contributed by atoms with Crippen molar-refractivity contribution < 1.29 is 9.84 Å². The van der Waals surface area contributed by atoms with Crippen molar-refractivity contribution in [1.82, 2.24) is 9.78 Å². The standard InChI is InChI=1S/C17H22N2O2/c1-13(20)16-8-4-5-9-17(16)21-12-14-10-11-19(18-14)15-6-2-3-7-15/h4-5,8-11,13,15,20H,2-3,6-7,12H2,1H3. The topological polar surface area (TPSA) is 47.3 Å². The molecule has 3 rings (SSSR count). The Morgan fingerprint density at radius 3 is 2.81 bits per heavy atom. The van der Waals surface area contributed by atoms with Crippen LogP contribution in [-0.4, -0.2) is 14.9 Å². The monoisotopic (exact) mass is 286 g/mol. The van der Waals surface area contributed by atoms with Gasteiger partial charge in [0.25, 0.3) is 0 Å². The van der Waals surface area contributed by atoms with Gasteiger partial charge in [0, 0.05) is 11.8 Å². The second-order valence-electron chi connectivity index (χ2n) is 5.73. The van der Waals surface area contributed by atoms with Crippen LogP contribution in [0.5, 0.6) is 5.75 Å². The van der Waals surface area contributed by atoms with E-state index in [9.17, 15) is 5.11 Å². The average Bonchev–Trinajstić information content (AvgIpc) is 3.16. The second-order valence-corrected chi connectivity index (χ2v) is 5.73. The molecule has 2 aromatic rings. The number of aliphatic hydroxyl groups is 1. The lowest BCUT2D eigenvalue weighted by atomic mass is 10.1. The molecule has 0 aliphatic heterocycles. The molecule has 21 heavy (non-hydrogen) atoms. The van der Waals surface area contributed by atoms with E-state index in [4.69, 9.17) is 4.74 Å². The number of para-hydroxylation sites is 1. The predicted octanol–water partition coefficient (Wildman–Crippen LogP) is 3.63. The summed E-state index contributed by atoms with van der Waals surface area (Å²) < 4.78 is 7.90. The lowest BCUT2D eigenvalue weighted by Gasteiger charge is -2.12. The molecule has 0 radical (unpaired) electrons. The van der Waals surface area contributed by atoms with Gasteiger partial charge in [0.2, 0.25) is 0 Å². The molecule has 0 saturated heterocycles. The van der Waals surface area contributed by atoms with E-state index in [1.54, 1.807) is 6.92 Å². The molecular formula is C17H22N2O2. The molecule has 1 N–H and O–H groups in total. The van der Waals surface area contributed by atoms with Gasteiger partial charge in [-0.3, -0.25) is 4.68 Å². The second kappa shape index (κ2) is 6.31. The minimum absolute atomic E-state index is 0.434. The molecule has 1 atom stereocenters. The number of hydrogen-bond donors (Lipinski definition) is 1. The molecule has 0 spiro atoms. The smallest absolute Gasteiger partial charge is 0.132 e. The van der Waals surface area contributed by atoms with Gasteiger partial charge in [0.15, 0.2) is 0 Å². The molecule has 1 fully saturated rings. The fourth-order valence-electron chi connectivity index (χ4n) is 2.94. The van der Waals surface area contributed by atoms with Gasteiger partial charge in [-0.25, -0.2) is 0 Å². The minimum Gasteiger partial charge on any atom is -0.487 e. The molecule has 1 aromatic heterocycles. The first-order valence-corrected chi connectivity index (χ1v) is 7.68. The van der Waals surface area contributed by atoms with Crippen LogP contribution < -0.4 is 4.74 Å². The summed E-state index contributed by atoms with van der Waals surface area (Å²) in [6.07, 6.45) is 6.59. The van der Waals surface area contributed by atoms with Gasteiger partial charge in [0.1, 0.15) is 12.4 Å². The summed E-state index contributed by atoms with van der Waals surface area (Å²) in [6, 6.07) is 10.2. The van der Waals surface area contributed by atoms with E-state index in [0.29, 0.717) is 12.6 Å². The Balaban J connectivity index is 1.65. The Bertz CT molecular complexity index is 586. The molecule has 1 aromatic carbocycles. The van der Waals surface area contributed by atoms with Crippen molar-refractivity contribution in [3.8, 4) is 5.75 Å². The molecule has 1 heterocycles. The van der Waals surface area contributed by atoms with Crippen molar-refractivity contribution in [1.29, 1.82) is 0 Å².